The van der Waals surface area contributed by atoms with Crippen LogP contribution in [0.1, 0.15) is 48.5 Å². The monoisotopic (exact) mass is 246 g/mol. The molecule has 1 fully saturated rings. The van der Waals surface area contributed by atoms with Gasteiger partial charge in [0.1, 0.15) is 6.61 Å². The van der Waals surface area contributed by atoms with Gasteiger partial charge in [0.2, 0.25) is 0 Å². The van der Waals surface area contributed by atoms with Gasteiger partial charge in [-0.2, -0.15) is 0 Å². The van der Waals surface area contributed by atoms with Crippen LogP contribution in [-0.4, -0.2) is 18.5 Å². The smallest absolute Gasteiger partial charge is 0.188 e. The molecule has 2 rings (SSSR count). The molecule has 18 heavy (non-hydrogen) atoms. The van der Waals surface area contributed by atoms with Crippen molar-refractivity contribution in [3.63, 3.8) is 0 Å². The summed E-state index contributed by atoms with van der Waals surface area (Å²) in [6, 6.07) is 7.71. The highest BCUT2D eigenvalue weighted by molar-refractivity contribution is 5.98. The molecule has 2 heteroatoms. The minimum Gasteiger partial charge on any atom is -0.370 e. The van der Waals surface area contributed by atoms with Gasteiger partial charge in [0.25, 0.3) is 0 Å². The number of ketones is 1. The predicted molar refractivity (Wildman–Crippen MR) is 72.9 cm³/mol. The van der Waals surface area contributed by atoms with E-state index in [-0.39, 0.29) is 18.5 Å². The Morgan fingerprint density at radius 2 is 1.89 bits per heavy atom. The molecule has 0 aromatic heterocycles. The summed E-state index contributed by atoms with van der Waals surface area (Å²) in [6.45, 7) is 4.48. The van der Waals surface area contributed by atoms with Gasteiger partial charge in [-0.1, -0.05) is 31.2 Å². The van der Waals surface area contributed by atoms with Crippen LogP contribution < -0.4 is 0 Å². The summed E-state index contributed by atoms with van der Waals surface area (Å²) in [5, 5.41) is 0. The zero-order chi connectivity index (χ0) is 13.0. The van der Waals surface area contributed by atoms with Gasteiger partial charge in [-0.15, -0.1) is 0 Å². The number of Topliss-reactive ketones (excluding diaryl/α,β-unsaturated/α-hetero) is 1. The molecule has 2 nitrogen and oxygen atoms in total. The van der Waals surface area contributed by atoms with Gasteiger partial charge in [0, 0.05) is 5.56 Å². The third-order valence-corrected chi connectivity index (χ3v) is 3.86. The first-order valence-corrected chi connectivity index (χ1v) is 6.87. The standard InChI is InChI=1S/C16H22O2/c1-12-7-9-14(10-8-12)18-11-16(17)15-6-4-3-5-13(15)2/h3-6,12,14H,7-11H2,1-2H3. The van der Waals surface area contributed by atoms with Crippen LogP contribution in [-0.2, 0) is 4.74 Å². The fourth-order valence-electron chi connectivity index (χ4n) is 2.55. The quantitative estimate of drug-likeness (QED) is 0.756. The highest BCUT2D eigenvalue weighted by atomic mass is 16.5. The topological polar surface area (TPSA) is 26.3 Å². The van der Waals surface area contributed by atoms with E-state index in [1.54, 1.807) is 0 Å². The van der Waals surface area contributed by atoms with Crippen LogP contribution in [0.25, 0.3) is 0 Å². The fraction of sp³-hybridized carbons (Fsp3) is 0.562. The number of hydrogen-bond acceptors (Lipinski definition) is 2. The molecule has 1 saturated carbocycles. The van der Waals surface area contributed by atoms with Crippen molar-refractivity contribution < 1.29 is 9.53 Å². The molecule has 0 saturated heterocycles. The van der Waals surface area contributed by atoms with E-state index in [9.17, 15) is 4.79 Å². The first-order valence-electron chi connectivity index (χ1n) is 6.87. The minimum atomic E-state index is 0.103. The van der Waals surface area contributed by atoms with Gasteiger partial charge >= 0.3 is 0 Å². The Morgan fingerprint density at radius 3 is 2.56 bits per heavy atom. The number of rotatable bonds is 4. The third-order valence-electron chi connectivity index (χ3n) is 3.86. The van der Waals surface area contributed by atoms with Gasteiger partial charge in [0.15, 0.2) is 5.78 Å². The Labute approximate surface area is 109 Å². The Morgan fingerprint density at radius 1 is 1.22 bits per heavy atom. The maximum absolute atomic E-state index is 12.0. The average Bonchev–Trinajstić information content (AvgIpc) is 2.38. The van der Waals surface area contributed by atoms with Crippen molar-refractivity contribution in [2.75, 3.05) is 6.61 Å². The van der Waals surface area contributed by atoms with Gasteiger partial charge in [-0.3, -0.25) is 4.79 Å². The largest absolute Gasteiger partial charge is 0.370 e. The first kappa shape index (κ1) is 13.3. The number of carbonyl (C=O) groups is 1. The third kappa shape index (κ3) is 3.42. The van der Waals surface area contributed by atoms with Crippen LogP contribution in [0.4, 0.5) is 0 Å². The Hall–Kier alpha value is -1.15. The summed E-state index contributed by atoms with van der Waals surface area (Å²) in [7, 11) is 0. The van der Waals surface area contributed by atoms with E-state index in [2.05, 4.69) is 6.92 Å². The fourth-order valence-corrected chi connectivity index (χ4v) is 2.55. The van der Waals surface area contributed by atoms with Crippen LogP contribution >= 0.6 is 0 Å². The molecular weight excluding hydrogens is 224 g/mol. The molecule has 0 atom stereocenters. The maximum atomic E-state index is 12.0. The summed E-state index contributed by atoms with van der Waals surface area (Å²) in [4.78, 5) is 12.0. The number of aryl methyl sites for hydroxylation is 1. The Kier molecular flexibility index (Phi) is 4.54. The summed E-state index contributed by atoms with van der Waals surface area (Å²) in [5.41, 5.74) is 1.82. The van der Waals surface area contributed by atoms with Crippen molar-refractivity contribution in [2.45, 2.75) is 45.6 Å². The van der Waals surface area contributed by atoms with Gasteiger partial charge in [-0.05, 0) is 44.1 Å². The van der Waals surface area contributed by atoms with Crippen LogP contribution in [0.2, 0.25) is 0 Å². The molecule has 1 aromatic rings. The second-order valence-electron chi connectivity index (χ2n) is 5.43. The molecule has 0 aliphatic heterocycles. The van der Waals surface area contributed by atoms with Crippen molar-refractivity contribution in [2.24, 2.45) is 5.92 Å². The highest BCUT2D eigenvalue weighted by Crippen LogP contribution is 2.25. The second kappa shape index (κ2) is 6.14. The number of benzene rings is 1. The lowest BCUT2D eigenvalue weighted by atomic mass is 9.89. The molecule has 0 heterocycles. The highest BCUT2D eigenvalue weighted by Gasteiger charge is 2.20. The van der Waals surface area contributed by atoms with Crippen molar-refractivity contribution in [3.8, 4) is 0 Å². The lowest BCUT2D eigenvalue weighted by molar-refractivity contribution is 0.0217. The zero-order valence-corrected chi connectivity index (χ0v) is 11.3. The summed E-state index contributed by atoms with van der Waals surface area (Å²) in [6.07, 6.45) is 4.94. The molecule has 1 aromatic carbocycles. The van der Waals surface area contributed by atoms with Crippen LogP contribution in [0.15, 0.2) is 24.3 Å². The lowest BCUT2D eigenvalue weighted by Gasteiger charge is -2.26. The normalized spacial score (nSPS) is 23.9. The molecule has 0 N–H and O–H groups in total. The maximum Gasteiger partial charge on any atom is 0.188 e. The molecule has 0 spiro atoms. The average molecular weight is 246 g/mol. The molecule has 0 amide bonds. The summed E-state index contributed by atoms with van der Waals surface area (Å²) < 4.78 is 5.75. The van der Waals surface area contributed by atoms with Crippen molar-refractivity contribution in [1.82, 2.24) is 0 Å². The van der Waals surface area contributed by atoms with E-state index in [0.717, 1.165) is 29.9 Å². The van der Waals surface area contributed by atoms with E-state index in [1.807, 2.05) is 31.2 Å². The minimum absolute atomic E-state index is 0.103. The second-order valence-corrected chi connectivity index (χ2v) is 5.43. The van der Waals surface area contributed by atoms with E-state index >= 15 is 0 Å². The molecule has 1 aliphatic rings. The lowest BCUT2D eigenvalue weighted by Crippen LogP contribution is -2.23. The van der Waals surface area contributed by atoms with Gasteiger partial charge in [-0.25, -0.2) is 0 Å². The molecule has 0 radical (unpaired) electrons. The Bertz CT molecular complexity index is 403. The molecular formula is C16H22O2. The van der Waals surface area contributed by atoms with E-state index in [1.165, 1.54) is 12.8 Å². The van der Waals surface area contributed by atoms with Crippen LogP contribution in [0.3, 0.4) is 0 Å². The summed E-state index contributed by atoms with van der Waals surface area (Å²) >= 11 is 0. The van der Waals surface area contributed by atoms with Crippen molar-refractivity contribution in [1.29, 1.82) is 0 Å². The predicted octanol–water partition coefficient (Wildman–Crippen LogP) is 3.77. The molecule has 0 bridgehead atoms. The number of ether oxygens (including phenoxy) is 1. The van der Waals surface area contributed by atoms with Gasteiger partial charge < -0.3 is 4.74 Å². The van der Waals surface area contributed by atoms with Crippen LogP contribution in [0.5, 0.6) is 0 Å². The molecule has 1 aliphatic carbocycles. The van der Waals surface area contributed by atoms with Crippen molar-refractivity contribution >= 4 is 5.78 Å². The zero-order valence-electron chi connectivity index (χ0n) is 11.3. The number of carbonyl (C=O) groups excluding carboxylic acids is 1. The van der Waals surface area contributed by atoms with Crippen molar-refractivity contribution in [3.05, 3.63) is 35.4 Å². The van der Waals surface area contributed by atoms with E-state index in [4.69, 9.17) is 4.74 Å². The number of hydrogen-bond donors (Lipinski definition) is 0. The summed E-state index contributed by atoms with van der Waals surface area (Å²) in [5.74, 6) is 0.920. The molecule has 0 unspecified atom stereocenters. The van der Waals surface area contributed by atoms with Gasteiger partial charge in [0.05, 0.1) is 6.10 Å². The van der Waals surface area contributed by atoms with Crippen LogP contribution in [0, 0.1) is 12.8 Å². The first-order chi connectivity index (χ1) is 8.66. The molecule has 98 valence electrons. The SMILES string of the molecule is Cc1ccccc1C(=O)COC1CCC(C)CC1. The van der Waals surface area contributed by atoms with E-state index in [0.29, 0.717) is 0 Å². The van der Waals surface area contributed by atoms with E-state index < -0.39 is 0 Å². The Balaban J connectivity index is 1.84.